The minimum absolute atomic E-state index is 0.662. The first-order valence-corrected chi connectivity index (χ1v) is 7.69. The van der Waals surface area contributed by atoms with Gasteiger partial charge in [-0.05, 0) is 18.8 Å². The Morgan fingerprint density at radius 1 is 1.38 bits per heavy atom. The minimum Gasteiger partial charge on any atom is -0.372 e. The second kappa shape index (κ2) is 5.60. The zero-order valence-corrected chi connectivity index (χ0v) is 13.3. The lowest BCUT2D eigenvalue weighted by Crippen LogP contribution is -2.30. The second-order valence-corrected chi connectivity index (χ2v) is 6.30. The molecule has 0 atom stereocenters. The highest BCUT2D eigenvalue weighted by Gasteiger charge is 2.30. The lowest BCUT2D eigenvalue weighted by atomic mass is 10.2. The monoisotopic (exact) mass is 288 g/mol. The highest BCUT2D eigenvalue weighted by molar-refractivity contribution is 5.86. The van der Waals surface area contributed by atoms with Crippen molar-refractivity contribution in [2.24, 2.45) is 13.0 Å². The van der Waals surface area contributed by atoms with Crippen molar-refractivity contribution < 1.29 is 0 Å². The molecule has 0 spiro atoms. The van der Waals surface area contributed by atoms with Crippen molar-refractivity contribution in [2.75, 3.05) is 18.9 Å². The van der Waals surface area contributed by atoms with E-state index < -0.39 is 0 Å². The van der Waals surface area contributed by atoms with Gasteiger partial charge >= 0.3 is 0 Å². The van der Waals surface area contributed by atoms with E-state index in [4.69, 9.17) is 4.98 Å². The maximum atomic E-state index is 4.71. The molecule has 6 heteroatoms. The van der Waals surface area contributed by atoms with Crippen LogP contribution < -0.4 is 5.32 Å². The number of fused-ring (bicyclic) bond motifs is 1. The average Bonchev–Trinajstić information content (AvgIpc) is 3.22. The molecule has 1 N–H and O–H groups in total. The van der Waals surface area contributed by atoms with E-state index in [0.29, 0.717) is 5.92 Å². The molecule has 0 saturated heterocycles. The fourth-order valence-electron chi connectivity index (χ4n) is 2.76. The van der Waals surface area contributed by atoms with Gasteiger partial charge in [0.15, 0.2) is 5.65 Å². The highest BCUT2D eigenvalue weighted by Crippen LogP contribution is 2.29. The number of rotatable bonds is 6. The Labute approximate surface area is 125 Å². The molecule has 2 aromatic heterocycles. The van der Waals surface area contributed by atoms with E-state index in [1.165, 1.54) is 12.8 Å². The molecule has 0 aromatic carbocycles. The van der Waals surface area contributed by atoms with E-state index in [0.717, 1.165) is 41.8 Å². The van der Waals surface area contributed by atoms with Gasteiger partial charge in [0, 0.05) is 26.7 Å². The van der Waals surface area contributed by atoms with Crippen LogP contribution in [0.25, 0.3) is 11.0 Å². The molecule has 2 aromatic rings. The number of aromatic nitrogens is 4. The molecule has 3 rings (SSSR count). The van der Waals surface area contributed by atoms with E-state index >= 15 is 0 Å². The maximum absolute atomic E-state index is 4.71. The van der Waals surface area contributed by atoms with Gasteiger partial charge in [0.1, 0.15) is 11.6 Å². The summed E-state index contributed by atoms with van der Waals surface area (Å²) >= 11 is 0. The first kappa shape index (κ1) is 14.3. The van der Waals surface area contributed by atoms with Crippen LogP contribution in [0.15, 0.2) is 6.20 Å². The first-order valence-electron chi connectivity index (χ1n) is 7.69. The highest BCUT2D eigenvalue weighted by atomic mass is 15.3. The molecular weight excluding hydrogens is 264 g/mol. The number of nitrogens with zero attached hydrogens (tertiary/aromatic N) is 5. The number of anilines is 1. The Hall–Kier alpha value is -1.69. The van der Waals surface area contributed by atoms with Crippen LogP contribution in [-0.2, 0) is 13.6 Å². The number of hydrogen-bond acceptors (Lipinski definition) is 5. The summed E-state index contributed by atoms with van der Waals surface area (Å²) in [6.45, 7) is 6.45. The van der Waals surface area contributed by atoms with E-state index in [1.54, 1.807) is 0 Å². The summed E-state index contributed by atoms with van der Waals surface area (Å²) in [5, 5.41) is 8.42. The summed E-state index contributed by atoms with van der Waals surface area (Å²) < 4.78 is 1.81. The lowest BCUT2D eigenvalue weighted by molar-refractivity contribution is 0.221. The van der Waals surface area contributed by atoms with Crippen molar-refractivity contribution in [3.05, 3.63) is 12.0 Å². The smallest absolute Gasteiger partial charge is 0.163 e. The third-order valence-electron chi connectivity index (χ3n) is 3.88. The zero-order chi connectivity index (χ0) is 15.0. The number of nitrogens with one attached hydrogen (secondary N) is 1. The minimum atomic E-state index is 0.662. The molecule has 0 aliphatic heterocycles. The van der Waals surface area contributed by atoms with Gasteiger partial charge in [-0.1, -0.05) is 13.8 Å². The second-order valence-electron chi connectivity index (χ2n) is 6.30. The Kier molecular flexibility index (Phi) is 3.80. The Bertz CT molecular complexity index is 628. The molecule has 1 fully saturated rings. The largest absolute Gasteiger partial charge is 0.372 e. The van der Waals surface area contributed by atoms with Crippen LogP contribution in [0.4, 0.5) is 5.82 Å². The third-order valence-corrected chi connectivity index (χ3v) is 3.88. The number of aryl methyl sites for hydroxylation is 1. The third kappa shape index (κ3) is 3.00. The predicted octanol–water partition coefficient (Wildman–Crippen LogP) is 2.03. The van der Waals surface area contributed by atoms with E-state index in [1.807, 2.05) is 25.0 Å². The summed E-state index contributed by atoms with van der Waals surface area (Å²) in [5.74, 6) is 2.40. The van der Waals surface area contributed by atoms with Crippen LogP contribution in [0, 0.1) is 5.92 Å². The van der Waals surface area contributed by atoms with Crippen molar-refractivity contribution >= 4 is 16.9 Å². The van der Waals surface area contributed by atoms with E-state index in [-0.39, 0.29) is 0 Å². The number of hydrogen-bond donors (Lipinski definition) is 1. The van der Waals surface area contributed by atoms with Gasteiger partial charge in [-0.3, -0.25) is 9.58 Å². The fraction of sp³-hybridized carbons (Fsp3) is 0.667. The van der Waals surface area contributed by atoms with E-state index in [2.05, 4.69) is 34.1 Å². The lowest BCUT2D eigenvalue weighted by Gasteiger charge is -2.23. The average molecular weight is 288 g/mol. The summed E-state index contributed by atoms with van der Waals surface area (Å²) in [6, 6.07) is 0.719. The summed E-state index contributed by atoms with van der Waals surface area (Å²) in [7, 11) is 3.82. The Morgan fingerprint density at radius 2 is 2.14 bits per heavy atom. The van der Waals surface area contributed by atoms with Crippen LogP contribution >= 0.6 is 0 Å². The molecule has 0 bridgehead atoms. The predicted molar refractivity (Wildman–Crippen MR) is 84.1 cm³/mol. The Morgan fingerprint density at radius 3 is 2.76 bits per heavy atom. The van der Waals surface area contributed by atoms with Gasteiger partial charge in [0.25, 0.3) is 0 Å². The van der Waals surface area contributed by atoms with Crippen LogP contribution in [0.2, 0.25) is 0 Å². The normalized spacial score (nSPS) is 15.3. The van der Waals surface area contributed by atoms with Crippen molar-refractivity contribution in [2.45, 2.75) is 39.3 Å². The van der Waals surface area contributed by atoms with Crippen molar-refractivity contribution in [1.82, 2.24) is 24.6 Å². The van der Waals surface area contributed by atoms with Gasteiger partial charge in [-0.15, -0.1) is 0 Å². The molecule has 1 saturated carbocycles. The molecule has 0 amide bonds. The Balaban J connectivity index is 1.90. The molecule has 1 aliphatic carbocycles. The van der Waals surface area contributed by atoms with Gasteiger partial charge in [-0.25, -0.2) is 9.97 Å². The molecule has 21 heavy (non-hydrogen) atoms. The maximum Gasteiger partial charge on any atom is 0.163 e. The van der Waals surface area contributed by atoms with Crippen LogP contribution in [0.1, 0.15) is 32.5 Å². The van der Waals surface area contributed by atoms with Crippen LogP contribution in [-0.4, -0.2) is 44.3 Å². The molecule has 6 nitrogen and oxygen atoms in total. The summed E-state index contributed by atoms with van der Waals surface area (Å²) in [6.07, 6.45) is 4.43. The SMILES string of the molecule is CNc1nc(CN(CC(C)C)C2CC2)nc2c1cnn2C. The van der Waals surface area contributed by atoms with Crippen molar-refractivity contribution in [3.63, 3.8) is 0 Å². The molecule has 1 aliphatic rings. The van der Waals surface area contributed by atoms with Gasteiger partial charge < -0.3 is 5.32 Å². The van der Waals surface area contributed by atoms with Gasteiger partial charge in [0.2, 0.25) is 0 Å². The molecule has 2 heterocycles. The first-order chi connectivity index (χ1) is 10.1. The van der Waals surface area contributed by atoms with Crippen LogP contribution in [0.3, 0.4) is 0 Å². The standard InChI is InChI=1S/C15H24N6/c1-10(2)8-21(11-5-6-11)9-13-18-14(16-3)12-7-17-20(4)15(12)19-13/h7,10-11H,5-6,8-9H2,1-4H3,(H,16,18,19). The molecular formula is C15H24N6. The van der Waals surface area contributed by atoms with Crippen molar-refractivity contribution in [3.8, 4) is 0 Å². The fourth-order valence-corrected chi connectivity index (χ4v) is 2.76. The molecule has 0 unspecified atom stereocenters. The van der Waals surface area contributed by atoms with Gasteiger partial charge in [-0.2, -0.15) is 5.10 Å². The van der Waals surface area contributed by atoms with Gasteiger partial charge in [0.05, 0.1) is 18.1 Å². The summed E-state index contributed by atoms with van der Waals surface area (Å²) in [4.78, 5) is 11.9. The molecule has 114 valence electrons. The molecule has 0 radical (unpaired) electrons. The van der Waals surface area contributed by atoms with E-state index in [9.17, 15) is 0 Å². The van der Waals surface area contributed by atoms with Crippen LogP contribution in [0.5, 0.6) is 0 Å². The topological polar surface area (TPSA) is 58.9 Å². The van der Waals surface area contributed by atoms with Crippen molar-refractivity contribution in [1.29, 1.82) is 0 Å². The summed E-state index contributed by atoms with van der Waals surface area (Å²) in [5.41, 5.74) is 0.893. The quantitative estimate of drug-likeness (QED) is 0.881. The zero-order valence-electron chi connectivity index (χ0n) is 13.3.